The second-order valence-electron chi connectivity index (χ2n) is 11.5. The van der Waals surface area contributed by atoms with Gasteiger partial charge >= 0.3 is 0 Å². The van der Waals surface area contributed by atoms with Crippen LogP contribution in [0.5, 0.6) is 0 Å². The number of rotatable bonds is 3. The zero-order valence-corrected chi connectivity index (χ0v) is 26.0. The van der Waals surface area contributed by atoms with E-state index in [9.17, 15) is 0 Å². The van der Waals surface area contributed by atoms with Crippen LogP contribution in [0, 0.1) is 0 Å². The standard InChI is InChI=1S/C42H27NS2/c1-3-12-28(13-4-1)30-22-24-34-40(26-30)44-38-20-9-7-16-32(38)42(34)33-17-8-10-21-39(33)45-41-27-31(23-25-35(41)42)37-19-11-18-36(43-37)29-14-5-2-6-15-29/h1-27H. The lowest BCUT2D eigenvalue weighted by Crippen LogP contribution is -2.36. The van der Waals surface area contributed by atoms with Crippen LogP contribution in [0.25, 0.3) is 33.6 Å². The second-order valence-corrected chi connectivity index (χ2v) is 13.7. The average Bonchev–Trinajstić information content (AvgIpc) is 3.12. The molecule has 0 saturated carbocycles. The maximum Gasteiger partial charge on any atom is 0.0745 e. The Kier molecular flexibility index (Phi) is 6.29. The number of benzene rings is 6. The number of fused-ring (bicyclic) bond motifs is 8. The van der Waals surface area contributed by atoms with Crippen LogP contribution in [0.3, 0.4) is 0 Å². The molecule has 0 aliphatic carbocycles. The molecule has 7 aromatic rings. The first kappa shape index (κ1) is 26.6. The molecule has 3 heteroatoms. The number of hydrogen-bond acceptors (Lipinski definition) is 3. The zero-order chi connectivity index (χ0) is 29.8. The molecule has 2 aliphatic rings. The first-order valence-corrected chi connectivity index (χ1v) is 16.8. The first-order valence-electron chi connectivity index (χ1n) is 15.2. The fraction of sp³-hybridized carbons (Fsp3) is 0.0238. The Morgan fingerprint density at radius 1 is 0.333 bits per heavy atom. The predicted molar refractivity (Wildman–Crippen MR) is 187 cm³/mol. The Labute approximate surface area is 272 Å². The van der Waals surface area contributed by atoms with Gasteiger partial charge in [-0.05, 0) is 69.8 Å². The molecule has 0 fully saturated rings. The number of pyridine rings is 1. The summed E-state index contributed by atoms with van der Waals surface area (Å²) in [5.41, 5.74) is 11.7. The minimum Gasteiger partial charge on any atom is -0.248 e. The molecule has 0 bridgehead atoms. The monoisotopic (exact) mass is 609 g/mol. The minimum absolute atomic E-state index is 0.429. The SMILES string of the molecule is c1ccc(-c2ccc3c(c2)Sc2ccccc2C32c3ccccc3Sc3cc(-c4cccc(-c5ccccc5)n4)ccc32)cc1. The van der Waals surface area contributed by atoms with Gasteiger partial charge in [0.1, 0.15) is 0 Å². The van der Waals surface area contributed by atoms with Crippen molar-refractivity contribution in [1.29, 1.82) is 0 Å². The zero-order valence-electron chi connectivity index (χ0n) is 24.4. The average molecular weight is 610 g/mol. The van der Waals surface area contributed by atoms with E-state index >= 15 is 0 Å². The summed E-state index contributed by atoms with van der Waals surface area (Å²) in [6.45, 7) is 0. The normalized spacial score (nSPS) is 15.9. The summed E-state index contributed by atoms with van der Waals surface area (Å²) in [5.74, 6) is 0. The molecule has 1 nitrogen and oxygen atoms in total. The highest BCUT2D eigenvalue weighted by Gasteiger charge is 2.48. The van der Waals surface area contributed by atoms with E-state index < -0.39 is 5.41 Å². The first-order chi connectivity index (χ1) is 22.3. The van der Waals surface area contributed by atoms with Crippen LogP contribution in [0.1, 0.15) is 22.3 Å². The van der Waals surface area contributed by atoms with Crippen LogP contribution in [0.4, 0.5) is 0 Å². The van der Waals surface area contributed by atoms with Crippen LogP contribution < -0.4 is 0 Å². The molecule has 1 unspecified atom stereocenters. The van der Waals surface area contributed by atoms with Gasteiger partial charge in [0.25, 0.3) is 0 Å². The van der Waals surface area contributed by atoms with E-state index in [1.54, 1.807) is 0 Å². The van der Waals surface area contributed by atoms with Crippen molar-refractivity contribution in [1.82, 2.24) is 4.98 Å². The summed E-state index contributed by atoms with van der Waals surface area (Å²) in [5, 5.41) is 0. The van der Waals surface area contributed by atoms with Gasteiger partial charge in [0.2, 0.25) is 0 Å². The third-order valence-electron chi connectivity index (χ3n) is 9.01. The topological polar surface area (TPSA) is 12.9 Å². The number of hydrogen-bond donors (Lipinski definition) is 0. The third kappa shape index (κ3) is 4.23. The van der Waals surface area contributed by atoms with Gasteiger partial charge in [-0.15, -0.1) is 0 Å². The molecule has 212 valence electrons. The molecule has 1 aromatic heterocycles. The maximum absolute atomic E-state index is 5.11. The fourth-order valence-corrected chi connectivity index (χ4v) is 9.47. The molecule has 45 heavy (non-hydrogen) atoms. The van der Waals surface area contributed by atoms with Gasteiger partial charge in [-0.25, -0.2) is 4.98 Å². The molecule has 0 saturated heterocycles. The van der Waals surface area contributed by atoms with Crippen molar-refractivity contribution in [2.45, 2.75) is 25.0 Å². The molecule has 0 N–H and O–H groups in total. The molecule has 1 atom stereocenters. The van der Waals surface area contributed by atoms with Gasteiger partial charge in [-0.2, -0.15) is 0 Å². The highest BCUT2D eigenvalue weighted by atomic mass is 32.2. The van der Waals surface area contributed by atoms with Crippen LogP contribution in [0.2, 0.25) is 0 Å². The van der Waals surface area contributed by atoms with E-state index in [1.807, 2.05) is 29.6 Å². The summed E-state index contributed by atoms with van der Waals surface area (Å²) in [4.78, 5) is 10.3. The smallest absolute Gasteiger partial charge is 0.0745 e. The molecule has 3 heterocycles. The molecule has 1 spiro atoms. The number of aromatic nitrogens is 1. The van der Waals surface area contributed by atoms with Gasteiger partial charge in [0.15, 0.2) is 0 Å². The van der Waals surface area contributed by atoms with Gasteiger partial charge < -0.3 is 0 Å². The lowest BCUT2D eigenvalue weighted by molar-refractivity contribution is 0.667. The molecular formula is C42H27NS2. The molecule has 0 amide bonds. The third-order valence-corrected chi connectivity index (χ3v) is 11.3. The fourth-order valence-electron chi connectivity index (χ4n) is 7.01. The molecule has 2 aliphatic heterocycles. The highest BCUT2D eigenvalue weighted by molar-refractivity contribution is 8.00. The highest BCUT2D eigenvalue weighted by Crippen LogP contribution is 2.62. The van der Waals surface area contributed by atoms with E-state index in [4.69, 9.17) is 4.98 Å². The summed E-state index contributed by atoms with van der Waals surface area (Å²) >= 11 is 3.77. The van der Waals surface area contributed by atoms with E-state index in [0.717, 1.165) is 22.5 Å². The van der Waals surface area contributed by atoms with Crippen molar-refractivity contribution in [3.8, 4) is 33.6 Å². The van der Waals surface area contributed by atoms with Crippen molar-refractivity contribution >= 4 is 23.5 Å². The Morgan fingerprint density at radius 3 is 1.42 bits per heavy atom. The molecule has 9 rings (SSSR count). The van der Waals surface area contributed by atoms with Crippen LogP contribution in [-0.2, 0) is 5.41 Å². The minimum atomic E-state index is -0.429. The van der Waals surface area contributed by atoms with Gasteiger partial charge in [-0.3, -0.25) is 0 Å². The van der Waals surface area contributed by atoms with Gasteiger partial charge in [0.05, 0.1) is 16.8 Å². The lowest BCUT2D eigenvalue weighted by Gasteiger charge is -2.45. The maximum atomic E-state index is 5.11. The van der Waals surface area contributed by atoms with Crippen molar-refractivity contribution in [2.24, 2.45) is 0 Å². The van der Waals surface area contributed by atoms with Crippen LogP contribution in [0.15, 0.2) is 183 Å². The Balaban J connectivity index is 1.28. The molecular weight excluding hydrogens is 583 g/mol. The van der Waals surface area contributed by atoms with Gasteiger partial charge in [0, 0.05) is 30.7 Å². The molecule has 0 radical (unpaired) electrons. The molecule has 6 aromatic carbocycles. The van der Waals surface area contributed by atoms with Gasteiger partial charge in [-0.1, -0.05) is 151 Å². The summed E-state index contributed by atoms with van der Waals surface area (Å²) < 4.78 is 0. The Bertz CT molecular complexity index is 2210. The van der Waals surface area contributed by atoms with Crippen LogP contribution in [-0.4, -0.2) is 4.98 Å². The van der Waals surface area contributed by atoms with Crippen molar-refractivity contribution in [3.63, 3.8) is 0 Å². The van der Waals surface area contributed by atoms with Crippen molar-refractivity contribution < 1.29 is 0 Å². The van der Waals surface area contributed by atoms with E-state index in [1.165, 1.54) is 53.0 Å². The van der Waals surface area contributed by atoms with E-state index in [2.05, 4.69) is 158 Å². The van der Waals surface area contributed by atoms with E-state index in [-0.39, 0.29) is 0 Å². The quantitative estimate of drug-likeness (QED) is 0.198. The predicted octanol–water partition coefficient (Wildman–Crippen LogP) is 11.4. The Hall–Kier alpha value is -4.83. The van der Waals surface area contributed by atoms with E-state index in [0.29, 0.717) is 0 Å². The summed E-state index contributed by atoms with van der Waals surface area (Å²) in [6.07, 6.45) is 0. The van der Waals surface area contributed by atoms with Crippen molar-refractivity contribution in [3.05, 3.63) is 186 Å². The van der Waals surface area contributed by atoms with Crippen molar-refractivity contribution in [2.75, 3.05) is 0 Å². The largest absolute Gasteiger partial charge is 0.248 e. The summed E-state index contributed by atoms with van der Waals surface area (Å²) in [7, 11) is 0. The van der Waals surface area contributed by atoms with Crippen LogP contribution >= 0.6 is 23.5 Å². The second kappa shape index (κ2) is 10.7. The lowest BCUT2D eigenvalue weighted by atomic mass is 9.64. The Morgan fingerprint density at radius 2 is 0.800 bits per heavy atom. The summed E-state index contributed by atoms with van der Waals surface area (Å²) in [6, 6.07) is 59.5. The number of nitrogens with zero attached hydrogens (tertiary/aromatic N) is 1.